The lowest BCUT2D eigenvalue weighted by atomic mass is 10.2. The first kappa shape index (κ1) is 15.2. The summed E-state index contributed by atoms with van der Waals surface area (Å²) >= 11 is 0. The van der Waals surface area contributed by atoms with Crippen molar-refractivity contribution in [2.75, 3.05) is 17.7 Å². The van der Waals surface area contributed by atoms with E-state index in [1.165, 1.54) is 0 Å². The highest BCUT2D eigenvalue weighted by atomic mass is 16.5. The molecule has 114 valence electrons. The topological polar surface area (TPSA) is 65.1 Å². The molecular weight excluding hydrogens is 264 g/mol. The van der Waals surface area contributed by atoms with Gasteiger partial charge in [0, 0.05) is 12.7 Å². The summed E-state index contributed by atoms with van der Waals surface area (Å²) in [6.45, 7) is 4.95. The van der Waals surface area contributed by atoms with Crippen LogP contribution in [0.25, 0.3) is 0 Å². The van der Waals surface area contributed by atoms with Crippen molar-refractivity contribution in [3.8, 4) is 5.75 Å². The van der Waals surface area contributed by atoms with Gasteiger partial charge in [-0.2, -0.15) is 5.10 Å². The number of nitrogen functional groups attached to an aromatic ring is 1. The standard InChI is InChI=1S/C16H24N4O/c1-4-6-14-15(17)16(20(3)19-14)18-12-7-9-13(10-8-12)21-11-5-2/h7-10,18H,4-6,11,17H2,1-3H3. The number of anilines is 3. The Hall–Kier alpha value is -2.17. The molecule has 0 aliphatic heterocycles. The molecule has 2 rings (SSSR count). The van der Waals surface area contributed by atoms with Gasteiger partial charge in [0.1, 0.15) is 5.75 Å². The quantitative estimate of drug-likeness (QED) is 0.818. The second kappa shape index (κ2) is 7.02. The Labute approximate surface area is 126 Å². The van der Waals surface area contributed by atoms with Crippen LogP contribution in [-0.4, -0.2) is 16.4 Å². The van der Waals surface area contributed by atoms with Crippen LogP contribution in [0.1, 0.15) is 32.4 Å². The fourth-order valence-corrected chi connectivity index (χ4v) is 2.16. The minimum absolute atomic E-state index is 0.727. The van der Waals surface area contributed by atoms with Gasteiger partial charge in [-0.3, -0.25) is 4.68 Å². The van der Waals surface area contributed by atoms with E-state index in [1.54, 1.807) is 4.68 Å². The smallest absolute Gasteiger partial charge is 0.152 e. The predicted octanol–water partition coefficient (Wildman–Crippen LogP) is 3.49. The molecule has 0 radical (unpaired) electrons. The molecule has 0 saturated heterocycles. The highest BCUT2D eigenvalue weighted by Gasteiger charge is 2.12. The monoisotopic (exact) mass is 288 g/mol. The number of ether oxygens (including phenoxy) is 1. The van der Waals surface area contributed by atoms with Gasteiger partial charge in [-0.25, -0.2) is 0 Å². The van der Waals surface area contributed by atoms with E-state index in [4.69, 9.17) is 10.5 Å². The minimum atomic E-state index is 0.727. The van der Waals surface area contributed by atoms with Gasteiger partial charge >= 0.3 is 0 Å². The normalized spacial score (nSPS) is 10.6. The number of benzene rings is 1. The van der Waals surface area contributed by atoms with Crippen molar-refractivity contribution in [2.45, 2.75) is 33.1 Å². The van der Waals surface area contributed by atoms with E-state index in [0.717, 1.165) is 54.5 Å². The van der Waals surface area contributed by atoms with Gasteiger partial charge in [0.05, 0.1) is 18.0 Å². The number of nitrogens with zero attached hydrogens (tertiary/aromatic N) is 2. The van der Waals surface area contributed by atoms with Crippen molar-refractivity contribution >= 4 is 17.2 Å². The summed E-state index contributed by atoms with van der Waals surface area (Å²) in [6, 6.07) is 7.88. The summed E-state index contributed by atoms with van der Waals surface area (Å²) < 4.78 is 7.37. The number of nitrogens with two attached hydrogens (primary N) is 1. The molecule has 0 spiro atoms. The van der Waals surface area contributed by atoms with Crippen LogP contribution in [0, 0.1) is 0 Å². The lowest BCUT2D eigenvalue weighted by Gasteiger charge is -2.09. The van der Waals surface area contributed by atoms with Crippen LogP contribution in [0.5, 0.6) is 5.75 Å². The largest absolute Gasteiger partial charge is 0.494 e. The highest BCUT2D eigenvalue weighted by Crippen LogP contribution is 2.27. The Morgan fingerprint density at radius 3 is 2.52 bits per heavy atom. The van der Waals surface area contributed by atoms with Crippen LogP contribution in [0.2, 0.25) is 0 Å². The fraction of sp³-hybridized carbons (Fsp3) is 0.438. The summed E-state index contributed by atoms with van der Waals surface area (Å²) in [4.78, 5) is 0. The number of aryl methyl sites for hydroxylation is 2. The lowest BCUT2D eigenvalue weighted by molar-refractivity contribution is 0.317. The molecule has 0 atom stereocenters. The van der Waals surface area contributed by atoms with Crippen LogP contribution in [0.4, 0.5) is 17.2 Å². The first-order valence-electron chi connectivity index (χ1n) is 7.47. The number of rotatable bonds is 7. The molecule has 0 unspecified atom stereocenters. The Balaban J connectivity index is 2.11. The Morgan fingerprint density at radius 1 is 1.19 bits per heavy atom. The Morgan fingerprint density at radius 2 is 1.90 bits per heavy atom. The van der Waals surface area contributed by atoms with Crippen LogP contribution in [0.3, 0.4) is 0 Å². The number of aromatic nitrogens is 2. The second-order valence-corrected chi connectivity index (χ2v) is 5.08. The molecule has 1 heterocycles. The average Bonchev–Trinajstić information content (AvgIpc) is 2.75. The van der Waals surface area contributed by atoms with Crippen molar-refractivity contribution in [1.29, 1.82) is 0 Å². The molecule has 0 fully saturated rings. The summed E-state index contributed by atoms with van der Waals surface area (Å²) in [7, 11) is 1.90. The Bertz CT molecular complexity index is 575. The van der Waals surface area contributed by atoms with E-state index in [0.29, 0.717) is 0 Å². The zero-order valence-electron chi connectivity index (χ0n) is 13.0. The van der Waals surface area contributed by atoms with E-state index in [2.05, 4.69) is 24.3 Å². The van der Waals surface area contributed by atoms with Gasteiger partial charge in [-0.05, 0) is 37.1 Å². The van der Waals surface area contributed by atoms with Crippen molar-refractivity contribution in [3.63, 3.8) is 0 Å². The van der Waals surface area contributed by atoms with Crippen LogP contribution in [0.15, 0.2) is 24.3 Å². The van der Waals surface area contributed by atoms with Crippen molar-refractivity contribution < 1.29 is 4.74 Å². The van der Waals surface area contributed by atoms with Crippen molar-refractivity contribution in [2.24, 2.45) is 7.05 Å². The predicted molar refractivity (Wildman–Crippen MR) is 87.1 cm³/mol. The van der Waals surface area contributed by atoms with E-state index in [1.807, 2.05) is 31.3 Å². The maximum Gasteiger partial charge on any atom is 0.152 e. The van der Waals surface area contributed by atoms with Gasteiger partial charge < -0.3 is 15.8 Å². The molecule has 5 nitrogen and oxygen atoms in total. The Kier molecular flexibility index (Phi) is 5.09. The van der Waals surface area contributed by atoms with Crippen molar-refractivity contribution in [3.05, 3.63) is 30.0 Å². The molecule has 0 saturated carbocycles. The molecule has 21 heavy (non-hydrogen) atoms. The van der Waals surface area contributed by atoms with E-state index < -0.39 is 0 Å². The molecular formula is C16H24N4O. The zero-order chi connectivity index (χ0) is 15.2. The lowest BCUT2D eigenvalue weighted by Crippen LogP contribution is -2.01. The molecule has 0 aliphatic carbocycles. The minimum Gasteiger partial charge on any atom is -0.494 e. The van der Waals surface area contributed by atoms with Crippen LogP contribution >= 0.6 is 0 Å². The van der Waals surface area contributed by atoms with Gasteiger partial charge in [-0.1, -0.05) is 20.3 Å². The maximum atomic E-state index is 6.16. The zero-order valence-corrected chi connectivity index (χ0v) is 13.0. The third-order valence-electron chi connectivity index (χ3n) is 3.24. The summed E-state index contributed by atoms with van der Waals surface area (Å²) in [5.41, 5.74) is 8.81. The van der Waals surface area contributed by atoms with E-state index in [-0.39, 0.29) is 0 Å². The van der Waals surface area contributed by atoms with Gasteiger partial charge in [0.2, 0.25) is 0 Å². The SMILES string of the molecule is CCCOc1ccc(Nc2c(N)c(CCC)nn2C)cc1. The summed E-state index contributed by atoms with van der Waals surface area (Å²) in [5, 5.41) is 7.78. The summed E-state index contributed by atoms with van der Waals surface area (Å²) in [6.07, 6.45) is 2.93. The van der Waals surface area contributed by atoms with Crippen LogP contribution < -0.4 is 15.8 Å². The molecule has 1 aromatic heterocycles. The third-order valence-corrected chi connectivity index (χ3v) is 3.24. The highest BCUT2D eigenvalue weighted by molar-refractivity contribution is 5.71. The molecule has 0 aliphatic rings. The van der Waals surface area contributed by atoms with Gasteiger partial charge in [0.15, 0.2) is 5.82 Å². The molecule has 3 N–H and O–H groups in total. The number of nitrogens with one attached hydrogen (secondary N) is 1. The van der Waals surface area contributed by atoms with Crippen molar-refractivity contribution in [1.82, 2.24) is 9.78 Å². The molecule has 2 aromatic rings. The first-order chi connectivity index (χ1) is 10.2. The first-order valence-corrected chi connectivity index (χ1v) is 7.47. The number of hydrogen-bond donors (Lipinski definition) is 2. The maximum absolute atomic E-state index is 6.16. The van der Waals surface area contributed by atoms with Gasteiger partial charge in [0.25, 0.3) is 0 Å². The third kappa shape index (κ3) is 3.68. The average molecular weight is 288 g/mol. The van der Waals surface area contributed by atoms with Gasteiger partial charge in [-0.15, -0.1) is 0 Å². The molecule has 0 amide bonds. The fourth-order valence-electron chi connectivity index (χ4n) is 2.16. The second-order valence-electron chi connectivity index (χ2n) is 5.08. The molecule has 1 aromatic carbocycles. The molecule has 5 heteroatoms. The number of hydrogen-bond acceptors (Lipinski definition) is 4. The van der Waals surface area contributed by atoms with E-state index in [9.17, 15) is 0 Å². The molecule has 0 bridgehead atoms. The van der Waals surface area contributed by atoms with E-state index >= 15 is 0 Å². The van der Waals surface area contributed by atoms with Crippen LogP contribution in [-0.2, 0) is 13.5 Å². The summed E-state index contributed by atoms with van der Waals surface area (Å²) in [5.74, 6) is 1.72.